The summed E-state index contributed by atoms with van der Waals surface area (Å²) in [6.45, 7) is 0. The van der Waals surface area contributed by atoms with Crippen LogP contribution in [0.4, 0.5) is 0 Å². The highest BCUT2D eigenvalue weighted by Crippen LogP contribution is 2.45. The lowest BCUT2D eigenvalue weighted by Crippen LogP contribution is -2.58. The number of aliphatic hydroxyl groups is 1. The van der Waals surface area contributed by atoms with Gasteiger partial charge >= 0.3 is 5.97 Å². The van der Waals surface area contributed by atoms with Crippen LogP contribution < -0.4 is 0 Å². The lowest BCUT2D eigenvalue weighted by molar-refractivity contribution is -0.146. The van der Waals surface area contributed by atoms with Crippen LogP contribution in [0.5, 0.6) is 0 Å². The van der Waals surface area contributed by atoms with Gasteiger partial charge in [-0.15, -0.1) is 0 Å². The van der Waals surface area contributed by atoms with E-state index in [-0.39, 0.29) is 17.7 Å². The predicted molar refractivity (Wildman–Crippen MR) is 74.6 cm³/mol. The smallest absolute Gasteiger partial charge is 0.325 e. The summed E-state index contributed by atoms with van der Waals surface area (Å²) in [4.78, 5) is 11.3. The number of hydrogen-bond donors (Lipinski definition) is 2. The summed E-state index contributed by atoms with van der Waals surface area (Å²) >= 11 is 6.28. The summed E-state index contributed by atoms with van der Waals surface area (Å²) in [5.74, 6) is -1.43. The molecule has 5 nitrogen and oxygen atoms in total. The molecule has 0 atom stereocenters. The largest absolute Gasteiger partial charge is 0.480 e. The van der Waals surface area contributed by atoms with Gasteiger partial charge in [0.1, 0.15) is 0 Å². The number of halogens is 2. The quantitative estimate of drug-likeness (QED) is 0.790. The highest BCUT2D eigenvalue weighted by atomic mass is 79.9. The van der Waals surface area contributed by atoms with Crippen LogP contribution in [0.25, 0.3) is 0 Å². The molecule has 2 N–H and O–H groups in total. The zero-order valence-electron chi connectivity index (χ0n) is 9.51. The second-order valence-corrected chi connectivity index (χ2v) is 8.44. The van der Waals surface area contributed by atoms with E-state index in [4.69, 9.17) is 0 Å². The Morgan fingerprint density at radius 2 is 1.89 bits per heavy atom. The second-order valence-electron chi connectivity index (χ2n) is 4.44. The van der Waals surface area contributed by atoms with Gasteiger partial charge in [0.2, 0.25) is 0 Å². The van der Waals surface area contributed by atoms with Crippen LogP contribution in [0.3, 0.4) is 0 Å². The molecule has 1 fully saturated rings. The average molecular weight is 414 g/mol. The topological polar surface area (TPSA) is 91.7 Å². The molecule has 1 aliphatic rings. The number of aliphatic hydroxyl groups excluding tert-OH is 1. The highest BCUT2D eigenvalue weighted by molar-refractivity contribution is 9.11. The summed E-state index contributed by atoms with van der Waals surface area (Å²) in [5.41, 5.74) is 0. The van der Waals surface area contributed by atoms with Gasteiger partial charge in [0.15, 0.2) is 14.6 Å². The molecule has 0 heterocycles. The number of rotatable bonds is 3. The van der Waals surface area contributed by atoms with Crippen molar-refractivity contribution in [2.45, 2.75) is 28.6 Å². The van der Waals surface area contributed by atoms with Crippen molar-refractivity contribution in [1.82, 2.24) is 0 Å². The van der Waals surface area contributed by atoms with Gasteiger partial charge < -0.3 is 10.2 Å². The second kappa shape index (κ2) is 4.83. The van der Waals surface area contributed by atoms with Gasteiger partial charge in [0.05, 0.1) is 11.0 Å². The number of hydrogen-bond acceptors (Lipinski definition) is 4. The van der Waals surface area contributed by atoms with Crippen LogP contribution in [0.15, 0.2) is 32.0 Å². The maximum Gasteiger partial charge on any atom is 0.325 e. The van der Waals surface area contributed by atoms with E-state index < -0.39 is 26.7 Å². The van der Waals surface area contributed by atoms with E-state index in [2.05, 4.69) is 31.9 Å². The molecule has 19 heavy (non-hydrogen) atoms. The van der Waals surface area contributed by atoms with Crippen LogP contribution in [0, 0.1) is 0 Å². The molecule has 0 saturated heterocycles. The van der Waals surface area contributed by atoms with Crippen molar-refractivity contribution in [3.05, 3.63) is 27.1 Å². The molecule has 8 heteroatoms. The molecule has 0 spiro atoms. The van der Waals surface area contributed by atoms with E-state index in [1.54, 1.807) is 6.07 Å². The summed E-state index contributed by atoms with van der Waals surface area (Å²) in [5, 5.41) is 18.6. The molecular weight excluding hydrogens is 404 g/mol. The number of carboxylic acid groups (broad SMARTS) is 1. The highest BCUT2D eigenvalue weighted by Gasteiger charge is 2.60. The van der Waals surface area contributed by atoms with Gasteiger partial charge in [0.25, 0.3) is 0 Å². The Labute approximate surface area is 126 Å². The first-order valence-corrected chi connectivity index (χ1v) is 8.39. The third-order valence-corrected chi connectivity index (χ3v) is 7.12. The van der Waals surface area contributed by atoms with Crippen molar-refractivity contribution >= 4 is 47.7 Å². The molecule has 0 aromatic heterocycles. The van der Waals surface area contributed by atoms with E-state index in [1.807, 2.05) is 0 Å². The standard InChI is InChI=1S/C11H10Br2O5S/c12-6-1-2-8(13)9(3-6)19(17,18)11(10(15)16)4-7(14)5-11/h1-3,7,14H,4-5H2,(H,15,16). The van der Waals surface area contributed by atoms with Gasteiger partial charge in [-0.1, -0.05) is 15.9 Å². The first kappa shape index (κ1) is 15.0. The Bertz CT molecular complexity index is 634. The molecule has 1 saturated carbocycles. The zero-order valence-corrected chi connectivity index (χ0v) is 13.5. The number of sulfone groups is 1. The van der Waals surface area contributed by atoms with Crippen LogP contribution in [-0.4, -0.2) is 35.5 Å². The molecule has 1 aromatic carbocycles. The van der Waals surface area contributed by atoms with Gasteiger partial charge in [-0.25, -0.2) is 8.42 Å². The Morgan fingerprint density at radius 1 is 1.32 bits per heavy atom. The van der Waals surface area contributed by atoms with Gasteiger partial charge in [0, 0.05) is 21.8 Å². The van der Waals surface area contributed by atoms with Crippen LogP contribution in [0.1, 0.15) is 12.8 Å². The van der Waals surface area contributed by atoms with Crippen LogP contribution >= 0.6 is 31.9 Å². The lowest BCUT2D eigenvalue weighted by Gasteiger charge is -2.40. The van der Waals surface area contributed by atoms with Crippen molar-refractivity contribution in [1.29, 1.82) is 0 Å². The maximum absolute atomic E-state index is 12.6. The van der Waals surface area contributed by atoms with E-state index in [9.17, 15) is 23.4 Å². The first-order valence-electron chi connectivity index (χ1n) is 5.32. The molecule has 0 unspecified atom stereocenters. The van der Waals surface area contributed by atoms with E-state index in [0.717, 1.165) is 0 Å². The molecular formula is C11H10Br2O5S. The Morgan fingerprint density at radius 3 is 2.37 bits per heavy atom. The summed E-state index contributed by atoms with van der Waals surface area (Å²) in [6, 6.07) is 4.53. The third-order valence-electron chi connectivity index (χ3n) is 3.22. The summed E-state index contributed by atoms with van der Waals surface area (Å²) in [6.07, 6.45) is -1.47. The first-order chi connectivity index (χ1) is 8.70. The average Bonchev–Trinajstić information content (AvgIpc) is 2.27. The fourth-order valence-corrected chi connectivity index (χ4v) is 5.58. The molecule has 1 aromatic rings. The molecule has 2 rings (SSSR count). The minimum Gasteiger partial charge on any atom is -0.480 e. The van der Waals surface area contributed by atoms with Crippen molar-refractivity contribution < 1.29 is 23.4 Å². The van der Waals surface area contributed by atoms with E-state index in [1.165, 1.54) is 12.1 Å². The minimum atomic E-state index is -4.09. The minimum absolute atomic E-state index is 0.0869. The molecule has 0 amide bonds. The number of aliphatic carboxylic acids is 1. The fourth-order valence-electron chi connectivity index (χ4n) is 2.10. The van der Waals surface area contributed by atoms with Crippen molar-refractivity contribution in [3.8, 4) is 0 Å². The monoisotopic (exact) mass is 412 g/mol. The lowest BCUT2D eigenvalue weighted by atomic mass is 9.81. The van der Waals surface area contributed by atoms with Crippen molar-refractivity contribution in [2.24, 2.45) is 0 Å². The Balaban J connectivity index is 2.59. The van der Waals surface area contributed by atoms with E-state index in [0.29, 0.717) is 8.95 Å². The summed E-state index contributed by atoms with van der Waals surface area (Å²) < 4.78 is 24.0. The SMILES string of the molecule is O=C(O)C1(S(=O)(=O)c2cc(Br)ccc2Br)CC(O)C1. The Hall–Kier alpha value is -0.440. The molecule has 1 aliphatic carbocycles. The van der Waals surface area contributed by atoms with Crippen molar-refractivity contribution in [3.63, 3.8) is 0 Å². The number of benzene rings is 1. The maximum atomic E-state index is 12.6. The summed E-state index contributed by atoms with van der Waals surface area (Å²) in [7, 11) is -4.09. The molecule has 0 aliphatic heterocycles. The molecule has 104 valence electrons. The number of carbonyl (C=O) groups is 1. The fraction of sp³-hybridized carbons (Fsp3) is 0.364. The normalized spacial score (nSPS) is 26.8. The zero-order chi connectivity index (χ0) is 14.4. The van der Waals surface area contributed by atoms with Crippen LogP contribution in [0.2, 0.25) is 0 Å². The van der Waals surface area contributed by atoms with Crippen LogP contribution in [-0.2, 0) is 14.6 Å². The third kappa shape index (κ3) is 2.24. The van der Waals surface area contributed by atoms with Gasteiger partial charge in [-0.05, 0) is 34.1 Å². The van der Waals surface area contributed by atoms with Crippen molar-refractivity contribution in [2.75, 3.05) is 0 Å². The number of carboxylic acids is 1. The van der Waals surface area contributed by atoms with E-state index >= 15 is 0 Å². The predicted octanol–water partition coefficient (Wildman–Crippen LogP) is 1.96. The van der Waals surface area contributed by atoms with Gasteiger partial charge in [-0.2, -0.15) is 0 Å². The van der Waals surface area contributed by atoms with Gasteiger partial charge in [-0.3, -0.25) is 4.79 Å². The molecule has 0 bridgehead atoms. The molecule has 0 radical (unpaired) electrons. The Kier molecular flexibility index (Phi) is 3.81.